The van der Waals surface area contributed by atoms with Crippen molar-refractivity contribution >= 4 is 11.6 Å². The van der Waals surface area contributed by atoms with Crippen LogP contribution >= 0.6 is 0 Å². The van der Waals surface area contributed by atoms with Crippen LogP contribution in [0, 0.1) is 10.1 Å². The van der Waals surface area contributed by atoms with Gasteiger partial charge in [-0.05, 0) is 6.92 Å². The first kappa shape index (κ1) is 20.6. The van der Waals surface area contributed by atoms with E-state index < -0.39 is 10.8 Å². The minimum atomic E-state index is -0.571. The smallest absolute Gasteiger partial charge is 0.286 e. The monoisotopic (exact) mass is 400 g/mol. The molecule has 2 atom stereocenters. The molecule has 0 bridgehead atoms. The maximum absolute atomic E-state index is 12.8. The lowest BCUT2D eigenvalue weighted by molar-refractivity contribution is -0.901. The van der Waals surface area contributed by atoms with E-state index in [1.807, 2.05) is 18.2 Å². The molecule has 0 aromatic heterocycles. The quantitative estimate of drug-likeness (QED) is 0.518. The molecule has 1 amide bonds. The molecule has 1 fully saturated rings. The molecule has 29 heavy (non-hydrogen) atoms. The summed E-state index contributed by atoms with van der Waals surface area (Å²) in [6.07, 6.45) is 0.829. The summed E-state index contributed by atoms with van der Waals surface area (Å²) in [4.78, 5) is 25.1. The fourth-order valence-electron chi connectivity index (χ4n) is 3.67. The van der Waals surface area contributed by atoms with Crippen molar-refractivity contribution in [2.45, 2.75) is 25.9 Å². The third-order valence-electron chi connectivity index (χ3n) is 5.04. The standard InChI is InChI=1S/C21H25N3O5/c1-3-29-20-12-18(24(26)27)17(11-19(20)28-2)21(25)22-16-9-10-23(14-16)13-15-7-5-4-6-8-15/h4-8,11-12,16H,3,9-10,13-14H2,1-2H3,(H,22,25)/p+1/t16-/m1/s1. The van der Waals surface area contributed by atoms with Crippen LogP contribution in [0.4, 0.5) is 5.69 Å². The molecule has 0 saturated carbocycles. The third kappa shape index (κ3) is 5.03. The van der Waals surface area contributed by atoms with Gasteiger partial charge < -0.3 is 19.7 Å². The molecule has 1 aliphatic heterocycles. The number of nitro groups is 1. The second-order valence-corrected chi connectivity index (χ2v) is 7.04. The van der Waals surface area contributed by atoms with Crippen molar-refractivity contribution in [1.82, 2.24) is 5.32 Å². The zero-order valence-corrected chi connectivity index (χ0v) is 16.6. The average Bonchev–Trinajstić information content (AvgIpc) is 3.15. The number of methoxy groups -OCH3 is 1. The van der Waals surface area contributed by atoms with Crippen molar-refractivity contribution in [2.75, 3.05) is 26.8 Å². The van der Waals surface area contributed by atoms with Crippen LogP contribution < -0.4 is 19.7 Å². The Kier molecular flexibility index (Phi) is 6.66. The highest BCUT2D eigenvalue weighted by Crippen LogP contribution is 2.34. The van der Waals surface area contributed by atoms with Crippen LogP contribution in [0.3, 0.4) is 0 Å². The molecule has 1 aliphatic rings. The molecule has 2 aromatic rings. The lowest BCUT2D eigenvalue weighted by Crippen LogP contribution is -3.09. The van der Waals surface area contributed by atoms with Crippen LogP contribution in [0.25, 0.3) is 0 Å². The molecule has 2 aromatic carbocycles. The average molecular weight is 400 g/mol. The van der Waals surface area contributed by atoms with Gasteiger partial charge in [0.1, 0.15) is 12.1 Å². The number of amides is 1. The van der Waals surface area contributed by atoms with E-state index in [4.69, 9.17) is 9.47 Å². The third-order valence-corrected chi connectivity index (χ3v) is 5.04. The van der Waals surface area contributed by atoms with Gasteiger partial charge in [0.25, 0.3) is 11.6 Å². The molecule has 0 aliphatic carbocycles. The normalized spacial score (nSPS) is 18.3. The summed E-state index contributed by atoms with van der Waals surface area (Å²) < 4.78 is 10.6. The lowest BCUT2D eigenvalue weighted by atomic mass is 10.1. The van der Waals surface area contributed by atoms with Crippen LogP contribution in [0.5, 0.6) is 11.5 Å². The Bertz CT molecular complexity index is 872. The van der Waals surface area contributed by atoms with E-state index in [1.165, 1.54) is 29.7 Å². The highest BCUT2D eigenvalue weighted by Gasteiger charge is 2.31. The van der Waals surface area contributed by atoms with Crippen molar-refractivity contribution in [3.8, 4) is 11.5 Å². The molecule has 154 valence electrons. The van der Waals surface area contributed by atoms with Crippen LogP contribution in [-0.4, -0.2) is 43.7 Å². The van der Waals surface area contributed by atoms with E-state index in [9.17, 15) is 14.9 Å². The fraction of sp³-hybridized carbons (Fsp3) is 0.381. The summed E-state index contributed by atoms with van der Waals surface area (Å²) in [6.45, 7) is 4.72. The molecular formula is C21H26N3O5+. The predicted molar refractivity (Wildman–Crippen MR) is 108 cm³/mol. The number of benzene rings is 2. The summed E-state index contributed by atoms with van der Waals surface area (Å²) >= 11 is 0. The minimum Gasteiger partial charge on any atom is -0.493 e. The summed E-state index contributed by atoms with van der Waals surface area (Å²) in [5.74, 6) is 0.0759. The van der Waals surface area contributed by atoms with Gasteiger partial charge in [-0.25, -0.2) is 0 Å². The van der Waals surface area contributed by atoms with Crippen LogP contribution in [0.15, 0.2) is 42.5 Å². The topological polar surface area (TPSA) is 95.1 Å². The van der Waals surface area contributed by atoms with E-state index in [1.54, 1.807) is 6.92 Å². The van der Waals surface area contributed by atoms with E-state index >= 15 is 0 Å². The fourth-order valence-corrected chi connectivity index (χ4v) is 3.67. The molecule has 0 radical (unpaired) electrons. The largest absolute Gasteiger partial charge is 0.493 e. The number of nitrogens with one attached hydrogen (secondary N) is 2. The summed E-state index contributed by atoms with van der Waals surface area (Å²) in [5, 5.41) is 14.4. The van der Waals surface area contributed by atoms with E-state index in [2.05, 4.69) is 17.4 Å². The van der Waals surface area contributed by atoms with Gasteiger partial charge in [0.15, 0.2) is 11.5 Å². The van der Waals surface area contributed by atoms with Gasteiger partial charge >= 0.3 is 0 Å². The lowest BCUT2D eigenvalue weighted by Gasteiger charge is -2.15. The van der Waals surface area contributed by atoms with Crippen LogP contribution in [-0.2, 0) is 6.54 Å². The Morgan fingerprint density at radius 3 is 2.69 bits per heavy atom. The molecule has 1 unspecified atom stereocenters. The second-order valence-electron chi connectivity index (χ2n) is 7.04. The number of carbonyl (C=O) groups is 1. The van der Waals surface area contributed by atoms with E-state index in [0.717, 1.165) is 26.1 Å². The van der Waals surface area contributed by atoms with Crippen LogP contribution in [0.1, 0.15) is 29.3 Å². The molecule has 2 N–H and O–H groups in total. The molecule has 0 spiro atoms. The molecule has 3 rings (SSSR count). The predicted octanol–water partition coefficient (Wildman–Crippen LogP) is 1.59. The summed E-state index contributed by atoms with van der Waals surface area (Å²) in [5.41, 5.74) is 0.936. The number of carbonyl (C=O) groups excluding carboxylic acids is 1. The molecule has 1 heterocycles. The van der Waals surface area contributed by atoms with Crippen LogP contribution in [0.2, 0.25) is 0 Å². The number of quaternary nitrogens is 1. The number of nitrogens with zero attached hydrogens (tertiary/aromatic N) is 1. The number of ether oxygens (including phenoxy) is 2. The first-order valence-corrected chi connectivity index (χ1v) is 9.69. The highest BCUT2D eigenvalue weighted by molar-refractivity contribution is 5.99. The summed E-state index contributed by atoms with van der Waals surface area (Å²) in [6, 6.07) is 12.8. The second kappa shape index (κ2) is 9.38. The summed E-state index contributed by atoms with van der Waals surface area (Å²) in [7, 11) is 1.44. The molecule has 1 saturated heterocycles. The van der Waals surface area contributed by atoms with Gasteiger partial charge in [-0.3, -0.25) is 14.9 Å². The number of nitro benzene ring substituents is 1. The first-order valence-electron chi connectivity index (χ1n) is 9.69. The number of hydrogen-bond acceptors (Lipinski definition) is 5. The Balaban J connectivity index is 1.71. The number of hydrogen-bond donors (Lipinski definition) is 2. The maximum Gasteiger partial charge on any atom is 0.286 e. The zero-order valence-electron chi connectivity index (χ0n) is 16.6. The molecule has 8 nitrogen and oxygen atoms in total. The van der Waals surface area contributed by atoms with Crippen molar-refractivity contribution in [2.24, 2.45) is 0 Å². The van der Waals surface area contributed by atoms with Gasteiger partial charge in [0.2, 0.25) is 0 Å². The van der Waals surface area contributed by atoms with E-state index in [-0.39, 0.29) is 23.0 Å². The number of rotatable bonds is 8. The van der Waals surface area contributed by atoms with Gasteiger partial charge in [-0.2, -0.15) is 0 Å². The van der Waals surface area contributed by atoms with Crippen molar-refractivity contribution in [3.05, 3.63) is 63.7 Å². The SMILES string of the molecule is CCOc1cc([N+](=O)[O-])c(C(=O)N[C@@H]2CC[NH+](Cc3ccccc3)C2)cc1OC. The van der Waals surface area contributed by atoms with Crippen molar-refractivity contribution in [3.63, 3.8) is 0 Å². The maximum atomic E-state index is 12.8. The van der Waals surface area contributed by atoms with Gasteiger partial charge in [-0.15, -0.1) is 0 Å². The van der Waals surface area contributed by atoms with Gasteiger partial charge in [0.05, 0.1) is 43.8 Å². The minimum absolute atomic E-state index is 0.0215. The Morgan fingerprint density at radius 1 is 1.28 bits per heavy atom. The molecular weight excluding hydrogens is 374 g/mol. The van der Waals surface area contributed by atoms with Gasteiger partial charge in [-0.1, -0.05) is 30.3 Å². The van der Waals surface area contributed by atoms with Crippen molar-refractivity contribution in [1.29, 1.82) is 0 Å². The molecule has 8 heteroatoms. The number of likely N-dealkylation sites (tertiary alicyclic amines) is 1. The first-order chi connectivity index (χ1) is 14.0. The van der Waals surface area contributed by atoms with Crippen molar-refractivity contribution < 1.29 is 24.1 Å². The Labute approximate surface area is 169 Å². The highest BCUT2D eigenvalue weighted by atomic mass is 16.6. The van der Waals surface area contributed by atoms with E-state index in [0.29, 0.717) is 12.4 Å². The Morgan fingerprint density at radius 2 is 2.03 bits per heavy atom. The van der Waals surface area contributed by atoms with Gasteiger partial charge in [0, 0.05) is 18.1 Å². The zero-order chi connectivity index (χ0) is 20.8. The Hall–Kier alpha value is -3.13.